The largest absolute Gasteiger partial charge is 1.00 e. The molecular formula is C56H84ClMnN4O4-. The third kappa shape index (κ3) is 14.7. The van der Waals surface area contributed by atoms with Crippen molar-refractivity contribution >= 4 is 29.8 Å². The Kier molecular flexibility index (Phi) is 19.9. The Hall–Kier alpha value is -3.20. The first-order valence-electron chi connectivity index (χ1n) is 24.3. The molecule has 3 unspecified atom stereocenters. The van der Waals surface area contributed by atoms with Crippen LogP contribution in [0.1, 0.15) is 200 Å². The van der Waals surface area contributed by atoms with Crippen LogP contribution < -0.4 is 12.4 Å². The number of nitrogens with zero attached hydrogens (tertiary/aromatic N) is 4. The number of phenols is 2. The van der Waals surface area contributed by atoms with Crippen molar-refractivity contribution in [2.45, 2.75) is 214 Å². The molecule has 3 N–H and O–H groups in total. The van der Waals surface area contributed by atoms with E-state index in [0.29, 0.717) is 29.1 Å². The maximum Gasteiger partial charge on any atom is 0.300 e. The van der Waals surface area contributed by atoms with Crippen LogP contribution in [0, 0.1) is 5.92 Å². The number of carboxylic acids is 1. The molecule has 3 aliphatic carbocycles. The third-order valence-corrected chi connectivity index (χ3v) is 13.9. The van der Waals surface area contributed by atoms with E-state index >= 15 is 0 Å². The molecule has 0 aromatic heterocycles. The van der Waals surface area contributed by atoms with E-state index in [-0.39, 0.29) is 62.6 Å². The summed E-state index contributed by atoms with van der Waals surface area (Å²) in [6.07, 6.45) is 17.4. The molecule has 0 saturated heterocycles. The SMILES string of the molecule is CC(=O)O.CC1C(N(C)Cc2ccc(N=Cc3cc(C(C)(C)C)cc(C(C)(C)C)c3O)c(N=Cc3cc(C(C)(C)C)cc(C(C)(C)C)c3O)c2)C1N(C1CCCCC1)C1CCCCC1.[Cl-].[Mn]. The monoisotopic (exact) mass is 967 g/mol. The van der Waals surface area contributed by atoms with Crippen molar-refractivity contribution in [3.05, 3.63) is 81.4 Å². The Balaban J connectivity index is 0.00000185. The number of benzene rings is 3. The molecule has 0 bridgehead atoms. The number of phenolic OH excluding ortho intramolecular Hbond substituents is 2. The number of rotatable bonds is 10. The maximum absolute atomic E-state index is 11.7. The average Bonchev–Trinajstić information content (AvgIpc) is 3.85. The van der Waals surface area contributed by atoms with Crippen LogP contribution in [0.5, 0.6) is 11.5 Å². The molecular weight excluding hydrogens is 883 g/mol. The number of aliphatic carboxylic acids is 1. The number of halogens is 1. The van der Waals surface area contributed by atoms with Crippen molar-refractivity contribution in [2.24, 2.45) is 15.9 Å². The van der Waals surface area contributed by atoms with Gasteiger partial charge in [-0.1, -0.05) is 147 Å². The zero-order valence-corrected chi connectivity index (χ0v) is 45.1. The molecule has 0 aliphatic heterocycles. The Morgan fingerprint density at radius 1 is 0.636 bits per heavy atom. The van der Waals surface area contributed by atoms with Crippen molar-refractivity contribution in [2.75, 3.05) is 7.05 Å². The van der Waals surface area contributed by atoms with E-state index in [1.54, 1.807) is 6.21 Å². The van der Waals surface area contributed by atoms with Gasteiger partial charge in [-0.05, 0) is 101 Å². The summed E-state index contributed by atoms with van der Waals surface area (Å²) in [5.74, 6) is 0.350. The van der Waals surface area contributed by atoms with E-state index in [1.807, 2.05) is 6.21 Å². The van der Waals surface area contributed by atoms with Crippen LogP contribution in [0.25, 0.3) is 0 Å². The summed E-state index contributed by atoms with van der Waals surface area (Å²) in [5, 5.41) is 30.7. The van der Waals surface area contributed by atoms with Crippen molar-refractivity contribution in [1.82, 2.24) is 9.80 Å². The fraction of sp³-hybridized carbons (Fsp3) is 0.625. The molecule has 8 nitrogen and oxygen atoms in total. The summed E-state index contributed by atoms with van der Waals surface area (Å²) >= 11 is 0. The summed E-state index contributed by atoms with van der Waals surface area (Å²) in [7, 11) is 2.32. The van der Waals surface area contributed by atoms with Gasteiger partial charge in [-0.15, -0.1) is 0 Å². The molecule has 1 radical (unpaired) electrons. The second kappa shape index (κ2) is 22.9. The first kappa shape index (κ1) is 57.1. The van der Waals surface area contributed by atoms with Gasteiger partial charge < -0.3 is 27.7 Å². The Morgan fingerprint density at radius 3 is 1.41 bits per heavy atom. The van der Waals surface area contributed by atoms with E-state index in [1.165, 1.54) is 69.8 Å². The van der Waals surface area contributed by atoms with Crippen LogP contribution in [0.3, 0.4) is 0 Å². The van der Waals surface area contributed by atoms with Gasteiger partial charge in [0.1, 0.15) is 11.5 Å². The molecule has 0 heterocycles. The van der Waals surface area contributed by atoms with Crippen LogP contribution in [-0.4, -0.2) is 74.7 Å². The minimum absolute atomic E-state index is 0. The smallest absolute Gasteiger partial charge is 0.300 e. The van der Waals surface area contributed by atoms with Crippen LogP contribution in [0.15, 0.2) is 52.4 Å². The molecule has 3 fully saturated rings. The van der Waals surface area contributed by atoms with Crippen LogP contribution >= 0.6 is 0 Å². The van der Waals surface area contributed by atoms with Gasteiger partial charge in [-0.25, -0.2) is 0 Å². The number of likely N-dealkylation sites (N-methyl/N-ethyl adjacent to an activating group) is 1. The van der Waals surface area contributed by atoms with E-state index in [4.69, 9.17) is 19.9 Å². The van der Waals surface area contributed by atoms with Gasteiger partial charge in [0.15, 0.2) is 0 Å². The first-order chi connectivity index (χ1) is 29.7. The standard InChI is InChI=1S/C54H80N4O2.C2H4O2.ClH.Mn/c1-35-47(48(35)58(41-21-17-15-18-22-41)42-23-19-16-20-24-42)57(14)34-36-25-26-45(55-32-37-28-39(51(2,3)4)30-43(49(37)59)53(8,9)10)46(27-36)56-33-38-29-40(52(5,6)7)31-44(50(38)60)54(11,12)13;1-2(3)4;;/h25-33,35,41-42,47-48,59-60H,15-24,34H2,1-14H3;1H3,(H,3,4);1H;/p-1. The second-order valence-electron chi connectivity index (χ2n) is 23.6. The molecule has 0 amide bonds. The number of aromatic hydroxyl groups is 2. The van der Waals surface area contributed by atoms with Gasteiger partial charge in [0, 0.05) is 89.4 Å². The van der Waals surface area contributed by atoms with Crippen molar-refractivity contribution < 1.29 is 49.6 Å². The average molecular weight is 968 g/mol. The number of carbonyl (C=O) groups is 1. The molecule has 66 heavy (non-hydrogen) atoms. The van der Waals surface area contributed by atoms with E-state index < -0.39 is 5.97 Å². The van der Waals surface area contributed by atoms with E-state index in [9.17, 15) is 10.2 Å². The van der Waals surface area contributed by atoms with E-state index in [2.05, 4.69) is 149 Å². The molecule has 3 aromatic rings. The van der Waals surface area contributed by atoms with Gasteiger partial charge in [-0.2, -0.15) is 0 Å². The maximum atomic E-state index is 11.7. The summed E-state index contributed by atoms with van der Waals surface area (Å²) < 4.78 is 0. The second-order valence-corrected chi connectivity index (χ2v) is 23.6. The number of aliphatic imine (C=N–C) groups is 2. The zero-order valence-electron chi connectivity index (χ0n) is 43.2. The van der Waals surface area contributed by atoms with Crippen molar-refractivity contribution in [1.29, 1.82) is 0 Å². The topological polar surface area (TPSA) is 109 Å². The summed E-state index contributed by atoms with van der Waals surface area (Å²) in [5.41, 5.74) is 7.51. The number of carboxylic acid groups (broad SMARTS) is 1. The van der Waals surface area contributed by atoms with Crippen LogP contribution in [-0.2, 0) is 50.1 Å². The predicted molar refractivity (Wildman–Crippen MR) is 269 cm³/mol. The Morgan fingerprint density at radius 2 is 1.03 bits per heavy atom. The molecule has 10 heteroatoms. The Bertz CT molecular complexity index is 2120. The van der Waals surface area contributed by atoms with Gasteiger partial charge in [0.05, 0.1) is 11.4 Å². The van der Waals surface area contributed by atoms with Crippen molar-refractivity contribution in [3.63, 3.8) is 0 Å². The van der Waals surface area contributed by atoms with Gasteiger partial charge in [-0.3, -0.25) is 24.6 Å². The zero-order chi connectivity index (χ0) is 47.5. The van der Waals surface area contributed by atoms with Crippen molar-refractivity contribution in [3.8, 4) is 11.5 Å². The molecule has 3 atom stereocenters. The summed E-state index contributed by atoms with van der Waals surface area (Å²) in [4.78, 5) is 24.9. The summed E-state index contributed by atoms with van der Waals surface area (Å²) in [6.45, 7) is 30.5. The first-order valence-corrected chi connectivity index (χ1v) is 24.3. The number of hydrogen-bond acceptors (Lipinski definition) is 7. The van der Waals surface area contributed by atoms with Crippen LogP contribution in [0.4, 0.5) is 11.4 Å². The van der Waals surface area contributed by atoms with Crippen LogP contribution in [0.2, 0.25) is 0 Å². The Labute approximate surface area is 416 Å². The number of hydrogen-bond donors (Lipinski definition) is 3. The minimum Gasteiger partial charge on any atom is -1.00 e. The molecule has 6 rings (SSSR count). The molecule has 367 valence electrons. The van der Waals surface area contributed by atoms with E-state index in [0.717, 1.165) is 59.2 Å². The normalized spacial score (nSPS) is 20.0. The molecule has 3 aliphatic rings. The predicted octanol–water partition coefficient (Wildman–Crippen LogP) is 10.7. The quantitative estimate of drug-likeness (QED) is 0.138. The fourth-order valence-corrected chi connectivity index (χ4v) is 10.1. The van der Waals surface area contributed by atoms with Gasteiger partial charge in [0.2, 0.25) is 0 Å². The third-order valence-electron chi connectivity index (χ3n) is 13.9. The molecule has 0 spiro atoms. The fourth-order valence-electron chi connectivity index (χ4n) is 10.1. The molecule has 3 saturated carbocycles. The van der Waals surface area contributed by atoms with Gasteiger partial charge in [0.25, 0.3) is 5.97 Å². The molecule has 3 aromatic carbocycles. The summed E-state index contributed by atoms with van der Waals surface area (Å²) in [6, 6.07) is 17.5. The minimum atomic E-state index is -0.833. The van der Waals surface area contributed by atoms with Gasteiger partial charge >= 0.3 is 0 Å².